The van der Waals surface area contributed by atoms with Crippen LogP contribution < -0.4 is 0 Å². The highest BCUT2D eigenvalue weighted by Crippen LogP contribution is 1.98. The van der Waals surface area contributed by atoms with Crippen molar-refractivity contribution < 1.29 is 0 Å². The van der Waals surface area contributed by atoms with Crippen LogP contribution >= 0.6 is 12.2 Å². The fourth-order valence-corrected chi connectivity index (χ4v) is 0.799. The molecule has 0 radical (unpaired) electrons. The summed E-state index contributed by atoms with van der Waals surface area (Å²) in [6.45, 7) is 1.79. The van der Waals surface area contributed by atoms with Crippen LogP contribution in [-0.4, -0.2) is 9.97 Å². The van der Waals surface area contributed by atoms with Crippen LogP contribution in [-0.2, 0) is 0 Å². The lowest BCUT2D eigenvalue weighted by molar-refractivity contribution is 1.06. The van der Waals surface area contributed by atoms with Crippen LogP contribution in [0.4, 0.5) is 0 Å². The highest BCUT2D eigenvalue weighted by Gasteiger charge is 1.93. The largest absolute Gasteiger partial charge is 0.333 e. The van der Waals surface area contributed by atoms with E-state index in [9.17, 15) is 0 Å². The van der Waals surface area contributed by atoms with Gasteiger partial charge in [0.1, 0.15) is 6.07 Å². The van der Waals surface area contributed by atoms with Crippen LogP contribution in [0.3, 0.4) is 0 Å². The number of H-pyrrole nitrogens is 1. The van der Waals surface area contributed by atoms with Crippen molar-refractivity contribution in [1.82, 2.24) is 9.97 Å². The average Bonchev–Trinajstić information content (AvgIpc) is 1.88. The number of hydrogen-bond acceptors (Lipinski definition) is 3. The molecule has 0 amide bonds. The van der Waals surface area contributed by atoms with Crippen molar-refractivity contribution in [3.05, 3.63) is 22.2 Å². The molecule has 1 rings (SSSR count). The van der Waals surface area contributed by atoms with E-state index in [-0.39, 0.29) is 0 Å². The van der Waals surface area contributed by atoms with Gasteiger partial charge in [0, 0.05) is 11.9 Å². The van der Waals surface area contributed by atoms with E-state index in [0.717, 1.165) is 5.69 Å². The Morgan fingerprint density at radius 3 is 3.00 bits per heavy atom. The molecule has 0 aliphatic heterocycles. The van der Waals surface area contributed by atoms with E-state index in [4.69, 9.17) is 17.5 Å². The first kappa shape index (κ1) is 6.90. The summed E-state index contributed by atoms with van der Waals surface area (Å²) in [7, 11) is 0. The standard InChI is InChI=1S/C6H5N3S/c1-4-5(2-7)3-8-6(10)9-4/h3H,1H3,(H,8,9,10). The number of aromatic nitrogens is 2. The Bertz CT molecular complexity index is 334. The van der Waals surface area contributed by atoms with E-state index in [1.54, 1.807) is 6.92 Å². The normalized spacial score (nSPS) is 8.80. The summed E-state index contributed by atoms with van der Waals surface area (Å²) in [5.41, 5.74) is 1.30. The van der Waals surface area contributed by atoms with Gasteiger partial charge in [0.2, 0.25) is 0 Å². The molecule has 50 valence electrons. The summed E-state index contributed by atoms with van der Waals surface area (Å²) in [5.74, 6) is 0. The van der Waals surface area contributed by atoms with Gasteiger partial charge in [0.15, 0.2) is 4.77 Å². The quantitative estimate of drug-likeness (QED) is 0.569. The van der Waals surface area contributed by atoms with Gasteiger partial charge >= 0.3 is 0 Å². The molecule has 1 aromatic heterocycles. The summed E-state index contributed by atoms with van der Waals surface area (Å²) >= 11 is 4.73. The third kappa shape index (κ3) is 1.20. The average molecular weight is 151 g/mol. The lowest BCUT2D eigenvalue weighted by Crippen LogP contribution is -1.89. The number of rotatable bonds is 0. The molecular weight excluding hydrogens is 146 g/mol. The number of nitrogens with one attached hydrogen (secondary N) is 1. The molecule has 0 saturated heterocycles. The summed E-state index contributed by atoms with van der Waals surface area (Å²) in [5, 5.41) is 8.47. The molecule has 0 saturated carbocycles. The SMILES string of the molecule is Cc1[nH]c(=S)ncc1C#N. The monoisotopic (exact) mass is 151 g/mol. The van der Waals surface area contributed by atoms with Gasteiger partial charge in [0.05, 0.1) is 5.56 Å². The van der Waals surface area contributed by atoms with Crippen LogP contribution in [0.15, 0.2) is 6.20 Å². The Kier molecular flexibility index (Phi) is 1.78. The molecule has 1 aromatic rings. The Balaban J connectivity index is 3.37. The molecule has 3 nitrogen and oxygen atoms in total. The van der Waals surface area contributed by atoms with Gasteiger partial charge in [-0.2, -0.15) is 5.26 Å². The van der Waals surface area contributed by atoms with Gasteiger partial charge in [0.25, 0.3) is 0 Å². The summed E-state index contributed by atoms with van der Waals surface area (Å²) in [4.78, 5) is 6.52. The smallest absolute Gasteiger partial charge is 0.197 e. The zero-order chi connectivity index (χ0) is 7.56. The molecule has 1 N–H and O–H groups in total. The van der Waals surface area contributed by atoms with Gasteiger partial charge in [-0.05, 0) is 19.1 Å². The van der Waals surface area contributed by atoms with Crippen molar-refractivity contribution >= 4 is 12.2 Å². The second-order valence-corrected chi connectivity index (χ2v) is 2.23. The van der Waals surface area contributed by atoms with E-state index in [2.05, 4.69) is 9.97 Å². The van der Waals surface area contributed by atoms with Crippen LogP contribution in [0.1, 0.15) is 11.3 Å². The molecule has 0 spiro atoms. The topological polar surface area (TPSA) is 52.5 Å². The molecule has 0 bridgehead atoms. The highest BCUT2D eigenvalue weighted by molar-refractivity contribution is 7.71. The molecular formula is C6H5N3S. The molecule has 0 unspecified atom stereocenters. The maximum Gasteiger partial charge on any atom is 0.197 e. The van der Waals surface area contributed by atoms with E-state index >= 15 is 0 Å². The van der Waals surface area contributed by atoms with Crippen molar-refractivity contribution in [3.8, 4) is 6.07 Å². The minimum absolute atomic E-state index is 0.413. The van der Waals surface area contributed by atoms with Crippen molar-refractivity contribution in [3.63, 3.8) is 0 Å². The van der Waals surface area contributed by atoms with Crippen molar-refractivity contribution in [2.24, 2.45) is 0 Å². The second kappa shape index (κ2) is 2.58. The first-order chi connectivity index (χ1) is 4.74. The summed E-state index contributed by atoms with van der Waals surface area (Å²) < 4.78 is 0.413. The number of nitriles is 1. The maximum absolute atomic E-state index is 8.47. The lowest BCUT2D eigenvalue weighted by atomic mass is 10.3. The van der Waals surface area contributed by atoms with Gasteiger partial charge in [-0.3, -0.25) is 0 Å². The maximum atomic E-state index is 8.47. The molecule has 0 fully saturated rings. The Morgan fingerprint density at radius 1 is 1.80 bits per heavy atom. The fraction of sp³-hybridized carbons (Fsp3) is 0.167. The zero-order valence-electron chi connectivity index (χ0n) is 5.38. The molecule has 0 atom stereocenters. The summed E-state index contributed by atoms with van der Waals surface area (Å²) in [6.07, 6.45) is 1.47. The number of aromatic amines is 1. The zero-order valence-corrected chi connectivity index (χ0v) is 6.20. The van der Waals surface area contributed by atoms with Crippen LogP contribution in [0.25, 0.3) is 0 Å². The third-order valence-electron chi connectivity index (χ3n) is 1.13. The third-order valence-corrected chi connectivity index (χ3v) is 1.34. The number of hydrogen-bond donors (Lipinski definition) is 1. The lowest BCUT2D eigenvalue weighted by Gasteiger charge is -1.92. The van der Waals surface area contributed by atoms with Gasteiger partial charge in [-0.25, -0.2) is 4.98 Å². The Labute approximate surface area is 63.4 Å². The highest BCUT2D eigenvalue weighted by atomic mass is 32.1. The van der Waals surface area contributed by atoms with Gasteiger partial charge in [-0.1, -0.05) is 0 Å². The van der Waals surface area contributed by atoms with Crippen LogP contribution in [0, 0.1) is 23.0 Å². The minimum atomic E-state index is 0.413. The van der Waals surface area contributed by atoms with E-state index in [0.29, 0.717) is 10.3 Å². The first-order valence-electron chi connectivity index (χ1n) is 2.70. The van der Waals surface area contributed by atoms with Crippen LogP contribution in [0.5, 0.6) is 0 Å². The summed E-state index contributed by atoms with van der Waals surface area (Å²) in [6, 6.07) is 1.98. The molecule has 1 heterocycles. The molecule has 0 aliphatic rings. The molecule has 0 aliphatic carbocycles. The fourth-order valence-electron chi connectivity index (χ4n) is 0.593. The molecule has 0 aromatic carbocycles. The Morgan fingerprint density at radius 2 is 2.50 bits per heavy atom. The van der Waals surface area contributed by atoms with Crippen molar-refractivity contribution in [1.29, 1.82) is 5.26 Å². The Hall–Kier alpha value is -1.21. The van der Waals surface area contributed by atoms with Gasteiger partial charge < -0.3 is 4.98 Å². The molecule has 4 heteroatoms. The minimum Gasteiger partial charge on any atom is -0.333 e. The van der Waals surface area contributed by atoms with E-state index in [1.807, 2.05) is 6.07 Å². The van der Waals surface area contributed by atoms with E-state index < -0.39 is 0 Å². The number of nitrogens with zero attached hydrogens (tertiary/aromatic N) is 2. The predicted molar refractivity (Wildman–Crippen MR) is 38.9 cm³/mol. The van der Waals surface area contributed by atoms with E-state index in [1.165, 1.54) is 6.20 Å². The van der Waals surface area contributed by atoms with Crippen molar-refractivity contribution in [2.45, 2.75) is 6.92 Å². The predicted octanol–water partition coefficient (Wildman–Crippen LogP) is 1.32. The van der Waals surface area contributed by atoms with Crippen molar-refractivity contribution in [2.75, 3.05) is 0 Å². The first-order valence-corrected chi connectivity index (χ1v) is 3.11. The molecule has 10 heavy (non-hydrogen) atoms. The number of aryl methyl sites for hydroxylation is 1. The van der Waals surface area contributed by atoms with Crippen LogP contribution in [0.2, 0.25) is 0 Å². The van der Waals surface area contributed by atoms with Gasteiger partial charge in [-0.15, -0.1) is 0 Å². The second-order valence-electron chi connectivity index (χ2n) is 1.84.